The molecule has 0 saturated heterocycles. The van der Waals surface area contributed by atoms with Gasteiger partial charge in [-0.1, -0.05) is 42.5 Å². The third-order valence-corrected chi connectivity index (χ3v) is 5.40. The molecule has 0 aliphatic heterocycles. The molecule has 0 bridgehead atoms. The van der Waals surface area contributed by atoms with E-state index in [-0.39, 0.29) is 24.0 Å². The van der Waals surface area contributed by atoms with E-state index in [2.05, 4.69) is 15.3 Å². The summed E-state index contributed by atoms with van der Waals surface area (Å²) in [4.78, 5) is 21.6. The summed E-state index contributed by atoms with van der Waals surface area (Å²) in [5.41, 5.74) is -0.426. The molecule has 36 heavy (non-hydrogen) atoms. The van der Waals surface area contributed by atoms with Crippen LogP contribution in [0.5, 0.6) is 5.88 Å². The minimum Gasteiger partial charge on any atom is -0.471 e. The maximum Gasteiger partial charge on any atom is 0.417 e. The zero-order valence-electron chi connectivity index (χ0n) is 18.7. The van der Waals surface area contributed by atoms with Crippen molar-refractivity contribution >= 4 is 22.5 Å². The number of aromatic nitrogens is 3. The number of nitrogens with zero attached hydrogens (tertiary/aromatic N) is 3. The van der Waals surface area contributed by atoms with Crippen molar-refractivity contribution in [2.75, 3.05) is 5.32 Å². The summed E-state index contributed by atoms with van der Waals surface area (Å²) < 4.78 is 49.6. The molecule has 180 valence electrons. The van der Waals surface area contributed by atoms with Crippen molar-refractivity contribution in [3.05, 3.63) is 119 Å². The number of hydrogen-bond donors (Lipinski definition) is 1. The molecule has 1 N–H and O–H groups in total. The van der Waals surface area contributed by atoms with Gasteiger partial charge in [0.1, 0.15) is 12.4 Å². The molecule has 0 saturated carbocycles. The van der Waals surface area contributed by atoms with Gasteiger partial charge >= 0.3 is 6.18 Å². The van der Waals surface area contributed by atoms with E-state index < -0.39 is 22.6 Å². The van der Waals surface area contributed by atoms with Gasteiger partial charge in [-0.25, -0.2) is 0 Å². The minimum atomic E-state index is -4.81. The molecule has 9 heteroatoms. The van der Waals surface area contributed by atoms with E-state index in [1.165, 1.54) is 4.57 Å². The van der Waals surface area contributed by atoms with Crippen LogP contribution in [0, 0.1) is 0 Å². The van der Waals surface area contributed by atoms with Crippen molar-refractivity contribution < 1.29 is 17.9 Å². The average molecular weight is 488 g/mol. The first-order valence-corrected chi connectivity index (χ1v) is 11.0. The first kappa shape index (κ1) is 23.1. The normalized spacial score (nSPS) is 11.4. The summed E-state index contributed by atoms with van der Waals surface area (Å²) >= 11 is 0. The van der Waals surface area contributed by atoms with Crippen LogP contribution in [0.2, 0.25) is 0 Å². The van der Waals surface area contributed by atoms with Crippen LogP contribution in [0.4, 0.5) is 24.7 Å². The highest BCUT2D eigenvalue weighted by atomic mass is 19.4. The quantitative estimate of drug-likeness (QED) is 0.312. The molecule has 0 aliphatic rings. The Kier molecular flexibility index (Phi) is 6.12. The van der Waals surface area contributed by atoms with Gasteiger partial charge in [0.05, 0.1) is 16.6 Å². The van der Waals surface area contributed by atoms with Gasteiger partial charge in [0, 0.05) is 29.7 Å². The SMILES string of the molecule is O=c1cc(Nc2ccccc2)n(-c2ccccc2)c2nc(OCc3ccccn3)cc(C(F)(F)F)c12. The predicted molar refractivity (Wildman–Crippen MR) is 131 cm³/mol. The molecule has 5 aromatic rings. The van der Waals surface area contributed by atoms with Gasteiger partial charge in [-0.05, 0) is 36.4 Å². The largest absolute Gasteiger partial charge is 0.471 e. The highest BCUT2D eigenvalue weighted by Gasteiger charge is 2.36. The summed E-state index contributed by atoms with van der Waals surface area (Å²) in [7, 11) is 0. The Hall–Kier alpha value is -4.66. The lowest BCUT2D eigenvalue weighted by molar-refractivity contribution is -0.136. The highest BCUT2D eigenvalue weighted by Crippen LogP contribution is 2.37. The number of para-hydroxylation sites is 2. The fraction of sp³-hybridized carbons (Fsp3) is 0.0741. The lowest BCUT2D eigenvalue weighted by atomic mass is 10.1. The van der Waals surface area contributed by atoms with Gasteiger partial charge in [0.15, 0.2) is 11.1 Å². The smallest absolute Gasteiger partial charge is 0.417 e. The van der Waals surface area contributed by atoms with Gasteiger partial charge in [-0.2, -0.15) is 18.2 Å². The summed E-state index contributed by atoms with van der Waals surface area (Å²) in [5.74, 6) is -0.0196. The second-order valence-electron chi connectivity index (χ2n) is 7.87. The molecule has 5 rings (SSSR count). The third kappa shape index (κ3) is 4.76. The third-order valence-electron chi connectivity index (χ3n) is 5.40. The topological polar surface area (TPSA) is 69.0 Å². The molecule has 3 aromatic heterocycles. The van der Waals surface area contributed by atoms with Crippen molar-refractivity contribution in [1.82, 2.24) is 14.5 Å². The molecule has 3 heterocycles. The molecule has 0 amide bonds. The number of anilines is 2. The number of halogens is 3. The van der Waals surface area contributed by atoms with Gasteiger partial charge in [-0.3, -0.25) is 14.3 Å². The highest BCUT2D eigenvalue weighted by molar-refractivity contribution is 5.85. The summed E-state index contributed by atoms with van der Waals surface area (Å²) in [6.45, 7) is -0.0891. The van der Waals surface area contributed by atoms with Crippen LogP contribution >= 0.6 is 0 Å². The van der Waals surface area contributed by atoms with Crippen molar-refractivity contribution in [2.24, 2.45) is 0 Å². The monoisotopic (exact) mass is 488 g/mol. The Morgan fingerprint density at radius 2 is 1.58 bits per heavy atom. The number of nitrogens with one attached hydrogen (secondary N) is 1. The molecule has 0 atom stereocenters. The van der Waals surface area contributed by atoms with Crippen molar-refractivity contribution in [3.8, 4) is 11.6 Å². The zero-order valence-corrected chi connectivity index (χ0v) is 18.7. The number of rotatable bonds is 6. The van der Waals surface area contributed by atoms with Crippen molar-refractivity contribution in [1.29, 1.82) is 0 Å². The average Bonchev–Trinajstić information content (AvgIpc) is 2.88. The van der Waals surface area contributed by atoms with Crippen LogP contribution in [-0.2, 0) is 12.8 Å². The molecule has 0 radical (unpaired) electrons. The van der Waals surface area contributed by atoms with Crippen LogP contribution in [0.1, 0.15) is 11.3 Å². The maximum absolute atomic E-state index is 14.2. The maximum atomic E-state index is 14.2. The van der Waals surface area contributed by atoms with Crippen LogP contribution in [0.15, 0.2) is 102 Å². The van der Waals surface area contributed by atoms with E-state index in [1.807, 2.05) is 6.07 Å². The van der Waals surface area contributed by atoms with Crippen molar-refractivity contribution in [3.63, 3.8) is 0 Å². The van der Waals surface area contributed by atoms with Gasteiger partial charge in [-0.15, -0.1) is 0 Å². The molecule has 2 aromatic carbocycles. The number of alkyl halides is 3. The number of ether oxygens (including phenoxy) is 1. The lowest BCUT2D eigenvalue weighted by Gasteiger charge is -2.20. The Labute approximate surface area is 203 Å². The van der Waals surface area contributed by atoms with Gasteiger partial charge in [0.2, 0.25) is 5.88 Å². The van der Waals surface area contributed by atoms with Gasteiger partial charge < -0.3 is 10.1 Å². The van der Waals surface area contributed by atoms with E-state index in [0.717, 1.165) is 12.1 Å². The van der Waals surface area contributed by atoms with E-state index in [4.69, 9.17) is 4.74 Å². The zero-order chi connectivity index (χ0) is 25.1. The summed E-state index contributed by atoms with van der Waals surface area (Å²) in [6.07, 6.45) is -3.26. The summed E-state index contributed by atoms with van der Waals surface area (Å²) in [6, 6.07) is 24.8. The standard InChI is InChI=1S/C27H19F3N4O2/c28-27(29,30)21-15-24(36-17-19-11-7-8-14-31-19)33-26-25(21)22(35)16-23(32-18-9-3-1-4-10-18)34(26)20-12-5-2-6-13-20/h1-16,32H,17H2. The number of pyridine rings is 3. The Bertz CT molecular complexity index is 1560. The predicted octanol–water partition coefficient (Wildman–Crippen LogP) is 6.12. The van der Waals surface area contributed by atoms with E-state index in [9.17, 15) is 18.0 Å². The fourth-order valence-corrected chi connectivity index (χ4v) is 3.82. The second-order valence-corrected chi connectivity index (χ2v) is 7.87. The van der Waals surface area contributed by atoms with Crippen LogP contribution < -0.4 is 15.5 Å². The van der Waals surface area contributed by atoms with Crippen molar-refractivity contribution in [2.45, 2.75) is 12.8 Å². The van der Waals surface area contributed by atoms with E-state index in [0.29, 0.717) is 17.1 Å². The van der Waals surface area contributed by atoms with E-state index in [1.54, 1.807) is 79.0 Å². The van der Waals surface area contributed by atoms with Gasteiger partial charge in [0.25, 0.3) is 0 Å². The molecular formula is C27H19F3N4O2. The second kappa shape index (κ2) is 9.53. The Morgan fingerprint density at radius 1 is 0.889 bits per heavy atom. The fourth-order valence-electron chi connectivity index (χ4n) is 3.82. The number of fused-ring (bicyclic) bond motifs is 1. The number of hydrogen-bond acceptors (Lipinski definition) is 5. The minimum absolute atomic E-state index is 0.0891. The molecular weight excluding hydrogens is 469 g/mol. The van der Waals surface area contributed by atoms with E-state index >= 15 is 0 Å². The molecule has 0 unspecified atom stereocenters. The Morgan fingerprint density at radius 3 is 2.25 bits per heavy atom. The first-order chi connectivity index (χ1) is 17.4. The molecule has 0 aliphatic carbocycles. The molecule has 0 spiro atoms. The Balaban J connectivity index is 1.75. The molecule has 0 fully saturated rings. The summed E-state index contributed by atoms with van der Waals surface area (Å²) in [5, 5.41) is 2.58. The molecule has 6 nitrogen and oxygen atoms in total. The number of benzene rings is 2. The first-order valence-electron chi connectivity index (χ1n) is 11.0. The van der Waals surface area contributed by atoms with Crippen LogP contribution in [0.3, 0.4) is 0 Å². The van der Waals surface area contributed by atoms with Crippen LogP contribution in [-0.4, -0.2) is 14.5 Å². The van der Waals surface area contributed by atoms with Crippen LogP contribution in [0.25, 0.3) is 16.7 Å². The lowest BCUT2D eigenvalue weighted by Crippen LogP contribution is -2.19.